The third-order valence-electron chi connectivity index (χ3n) is 5.36. The molecule has 2 heterocycles. The van der Waals surface area contributed by atoms with E-state index in [4.69, 9.17) is 0 Å². The lowest BCUT2D eigenvalue weighted by atomic mass is 9.98. The predicted molar refractivity (Wildman–Crippen MR) is 97.8 cm³/mol. The maximum Gasteiger partial charge on any atom is 0.226 e. The maximum absolute atomic E-state index is 12.2. The molecule has 2 saturated heterocycles. The van der Waals surface area contributed by atoms with Crippen LogP contribution in [0.5, 0.6) is 0 Å². The lowest BCUT2D eigenvalue weighted by molar-refractivity contribution is -0.141. The van der Waals surface area contributed by atoms with Gasteiger partial charge in [-0.05, 0) is 30.9 Å². The average Bonchev–Trinajstić information content (AvgIpc) is 2.77. The van der Waals surface area contributed by atoms with Crippen LogP contribution < -0.4 is 5.32 Å². The lowest BCUT2D eigenvalue weighted by Crippen LogP contribution is -2.55. The first kappa shape index (κ1) is 17.9. The highest BCUT2D eigenvalue weighted by molar-refractivity contribution is 5.83. The largest absolute Gasteiger partial charge is 0.355 e. The molecule has 5 heteroatoms. The number of hydrogen-bond acceptors (Lipinski definition) is 3. The van der Waals surface area contributed by atoms with E-state index < -0.39 is 0 Å². The van der Waals surface area contributed by atoms with Crippen molar-refractivity contribution in [2.24, 2.45) is 11.8 Å². The molecule has 1 aromatic carbocycles. The molecule has 25 heavy (non-hydrogen) atoms. The van der Waals surface area contributed by atoms with Crippen molar-refractivity contribution in [2.45, 2.75) is 32.7 Å². The van der Waals surface area contributed by atoms with E-state index >= 15 is 0 Å². The molecule has 5 nitrogen and oxygen atoms in total. The molecule has 1 atom stereocenters. The fraction of sp³-hybridized carbons (Fsp3) is 0.600. The molecular formula is C20H29N3O2. The fourth-order valence-electron chi connectivity index (χ4n) is 3.76. The number of rotatable bonds is 5. The maximum atomic E-state index is 12.2. The van der Waals surface area contributed by atoms with Gasteiger partial charge >= 0.3 is 0 Å². The first-order chi connectivity index (χ1) is 12.1. The molecule has 0 aromatic heterocycles. The third kappa shape index (κ3) is 5.05. The number of amides is 2. The van der Waals surface area contributed by atoms with Crippen LogP contribution in [-0.2, 0) is 16.1 Å². The fourth-order valence-corrected chi connectivity index (χ4v) is 3.76. The van der Waals surface area contributed by atoms with E-state index in [1.807, 2.05) is 0 Å². The summed E-state index contributed by atoms with van der Waals surface area (Å²) in [6, 6.07) is 10.6. The molecule has 1 unspecified atom stereocenters. The lowest BCUT2D eigenvalue weighted by Gasteiger charge is -2.37. The highest BCUT2D eigenvalue weighted by Crippen LogP contribution is 2.19. The smallest absolute Gasteiger partial charge is 0.226 e. The molecule has 2 aliphatic rings. The van der Waals surface area contributed by atoms with Crippen LogP contribution in [0.2, 0.25) is 0 Å². The number of hydrogen-bond donors (Lipinski definition) is 1. The van der Waals surface area contributed by atoms with E-state index in [2.05, 4.69) is 40.5 Å². The second kappa shape index (κ2) is 8.48. The second-order valence-corrected chi connectivity index (χ2v) is 7.45. The molecule has 0 bridgehead atoms. The monoisotopic (exact) mass is 343 g/mol. The molecule has 2 amide bonds. The van der Waals surface area contributed by atoms with E-state index in [1.165, 1.54) is 24.8 Å². The molecule has 3 rings (SSSR count). The van der Waals surface area contributed by atoms with Crippen molar-refractivity contribution >= 4 is 11.8 Å². The Bertz CT molecular complexity index is 584. The van der Waals surface area contributed by atoms with Crippen LogP contribution in [0.3, 0.4) is 0 Å². The highest BCUT2D eigenvalue weighted by Gasteiger charge is 2.34. The topological polar surface area (TPSA) is 52.7 Å². The van der Waals surface area contributed by atoms with Crippen LogP contribution >= 0.6 is 0 Å². The zero-order valence-corrected chi connectivity index (χ0v) is 15.1. The van der Waals surface area contributed by atoms with Gasteiger partial charge in [-0.3, -0.25) is 14.5 Å². The van der Waals surface area contributed by atoms with Crippen molar-refractivity contribution in [1.29, 1.82) is 0 Å². The highest BCUT2D eigenvalue weighted by atomic mass is 16.2. The van der Waals surface area contributed by atoms with Gasteiger partial charge < -0.3 is 10.2 Å². The van der Waals surface area contributed by atoms with E-state index in [-0.39, 0.29) is 17.7 Å². The summed E-state index contributed by atoms with van der Waals surface area (Å²) in [4.78, 5) is 27.7. The van der Waals surface area contributed by atoms with Gasteiger partial charge in [0.2, 0.25) is 11.8 Å². The van der Waals surface area contributed by atoms with Gasteiger partial charge in [-0.25, -0.2) is 0 Å². The summed E-state index contributed by atoms with van der Waals surface area (Å²) in [6.07, 6.45) is 3.64. The van der Waals surface area contributed by atoms with Crippen LogP contribution in [0.4, 0.5) is 0 Å². The Balaban J connectivity index is 1.44. The first-order valence-electron chi connectivity index (χ1n) is 9.41. The molecule has 2 fully saturated rings. The van der Waals surface area contributed by atoms with Crippen molar-refractivity contribution in [3.8, 4) is 0 Å². The van der Waals surface area contributed by atoms with Crippen molar-refractivity contribution in [3.05, 3.63) is 35.9 Å². The Morgan fingerprint density at radius 3 is 2.60 bits per heavy atom. The van der Waals surface area contributed by atoms with Gasteiger partial charge in [-0.1, -0.05) is 36.8 Å². The molecule has 1 aromatic rings. The molecule has 1 N–H and O–H groups in total. The second-order valence-electron chi connectivity index (χ2n) is 7.45. The number of likely N-dealkylation sites (tertiary alicyclic amines) is 2. The third-order valence-corrected chi connectivity index (χ3v) is 5.36. The SMILES string of the molecule is CC(=O)N1CC(C(=O)NCC2CCCCN(Cc3ccccc3)C2)C1. The number of benzene rings is 1. The average molecular weight is 343 g/mol. The molecule has 0 spiro atoms. The van der Waals surface area contributed by atoms with E-state index in [0.29, 0.717) is 19.0 Å². The van der Waals surface area contributed by atoms with Gasteiger partial charge in [-0.2, -0.15) is 0 Å². The summed E-state index contributed by atoms with van der Waals surface area (Å²) in [5, 5.41) is 3.12. The zero-order chi connectivity index (χ0) is 17.6. The van der Waals surface area contributed by atoms with Gasteiger partial charge in [0.1, 0.15) is 0 Å². The van der Waals surface area contributed by atoms with E-state index in [0.717, 1.165) is 26.2 Å². The van der Waals surface area contributed by atoms with Gasteiger partial charge in [0.25, 0.3) is 0 Å². The minimum absolute atomic E-state index is 0.0184. The predicted octanol–water partition coefficient (Wildman–Crippen LogP) is 1.88. The Hall–Kier alpha value is -1.88. The Kier molecular flexibility index (Phi) is 6.08. The minimum Gasteiger partial charge on any atom is -0.355 e. The molecule has 0 saturated carbocycles. The standard InChI is InChI=1S/C20H29N3O2/c1-16(24)23-14-19(15-23)20(25)21-11-18-9-5-6-10-22(13-18)12-17-7-3-2-4-8-17/h2-4,7-8,18-19H,5-6,9-15H2,1H3,(H,21,25). The summed E-state index contributed by atoms with van der Waals surface area (Å²) in [5.41, 5.74) is 1.35. The summed E-state index contributed by atoms with van der Waals surface area (Å²) in [6.45, 7) is 6.62. The van der Waals surface area contributed by atoms with Gasteiger partial charge in [0.15, 0.2) is 0 Å². The molecule has 136 valence electrons. The number of nitrogens with one attached hydrogen (secondary N) is 1. The van der Waals surface area contributed by atoms with Crippen LogP contribution in [0.1, 0.15) is 31.7 Å². The number of nitrogens with zero attached hydrogens (tertiary/aromatic N) is 2. The molecule has 2 aliphatic heterocycles. The van der Waals surface area contributed by atoms with E-state index in [9.17, 15) is 9.59 Å². The Labute approximate surface area is 150 Å². The van der Waals surface area contributed by atoms with Crippen molar-refractivity contribution < 1.29 is 9.59 Å². The van der Waals surface area contributed by atoms with Crippen molar-refractivity contribution in [3.63, 3.8) is 0 Å². The quantitative estimate of drug-likeness (QED) is 0.888. The molecule has 0 aliphatic carbocycles. The number of carbonyl (C=O) groups is 2. The van der Waals surface area contributed by atoms with Gasteiger partial charge in [-0.15, -0.1) is 0 Å². The molecular weight excluding hydrogens is 314 g/mol. The van der Waals surface area contributed by atoms with Gasteiger partial charge in [0.05, 0.1) is 5.92 Å². The Morgan fingerprint density at radius 1 is 1.12 bits per heavy atom. The van der Waals surface area contributed by atoms with Crippen LogP contribution in [0.25, 0.3) is 0 Å². The minimum atomic E-state index is -0.0184. The zero-order valence-electron chi connectivity index (χ0n) is 15.1. The van der Waals surface area contributed by atoms with Gasteiger partial charge in [0, 0.05) is 39.6 Å². The number of carbonyl (C=O) groups excluding carboxylic acids is 2. The van der Waals surface area contributed by atoms with Crippen LogP contribution in [0, 0.1) is 11.8 Å². The van der Waals surface area contributed by atoms with Crippen molar-refractivity contribution in [1.82, 2.24) is 15.1 Å². The van der Waals surface area contributed by atoms with Crippen LogP contribution in [-0.4, -0.2) is 54.3 Å². The molecule has 0 radical (unpaired) electrons. The first-order valence-corrected chi connectivity index (χ1v) is 9.41. The summed E-state index contributed by atoms with van der Waals surface area (Å²) >= 11 is 0. The Morgan fingerprint density at radius 2 is 1.88 bits per heavy atom. The van der Waals surface area contributed by atoms with E-state index in [1.54, 1.807) is 11.8 Å². The van der Waals surface area contributed by atoms with Crippen molar-refractivity contribution in [2.75, 3.05) is 32.7 Å². The summed E-state index contributed by atoms with van der Waals surface area (Å²) in [7, 11) is 0. The summed E-state index contributed by atoms with van der Waals surface area (Å²) in [5.74, 6) is 0.662. The normalized spacial score (nSPS) is 22.1. The summed E-state index contributed by atoms with van der Waals surface area (Å²) < 4.78 is 0. The van der Waals surface area contributed by atoms with Crippen LogP contribution in [0.15, 0.2) is 30.3 Å².